The Morgan fingerprint density at radius 1 is 1.25 bits per heavy atom. The van der Waals surface area contributed by atoms with Crippen molar-refractivity contribution in [3.05, 3.63) is 63.3 Å². The fraction of sp³-hybridized carbons (Fsp3) is 0.150. The molecule has 6 nitrogen and oxygen atoms in total. The van der Waals surface area contributed by atoms with Gasteiger partial charge < -0.3 is 14.2 Å². The van der Waals surface area contributed by atoms with Crippen molar-refractivity contribution in [1.29, 1.82) is 0 Å². The first-order chi connectivity index (χ1) is 13.4. The lowest BCUT2D eigenvalue weighted by molar-refractivity contribution is -0.132. The zero-order valence-corrected chi connectivity index (χ0v) is 16.5. The molecule has 0 saturated carbocycles. The quantitative estimate of drug-likeness (QED) is 0.400. The lowest BCUT2D eigenvalue weighted by Crippen LogP contribution is -2.05. The lowest BCUT2D eigenvalue weighted by Gasteiger charge is -2.12. The molecule has 28 heavy (non-hydrogen) atoms. The summed E-state index contributed by atoms with van der Waals surface area (Å²) in [6, 6.07) is 9.96. The van der Waals surface area contributed by atoms with Gasteiger partial charge in [-0.3, -0.25) is 4.79 Å². The van der Waals surface area contributed by atoms with Crippen LogP contribution in [-0.4, -0.2) is 24.4 Å². The molecule has 0 bridgehead atoms. The van der Waals surface area contributed by atoms with E-state index in [9.17, 15) is 9.59 Å². The summed E-state index contributed by atoms with van der Waals surface area (Å²) in [6.45, 7) is 3.39. The number of cyclic esters (lactones) is 1. The first-order valence-electron chi connectivity index (χ1n) is 8.30. The zero-order chi connectivity index (χ0) is 20.3. The van der Waals surface area contributed by atoms with Crippen molar-refractivity contribution in [3.8, 4) is 11.5 Å². The molecule has 0 aromatic heterocycles. The molecular weight excluding hydrogens is 405 g/mol. The van der Waals surface area contributed by atoms with E-state index in [0.717, 1.165) is 0 Å². The maximum Gasteiger partial charge on any atom is 0.363 e. The normalized spacial score (nSPS) is 14.6. The molecule has 1 heterocycles. The number of esters is 2. The van der Waals surface area contributed by atoms with Crippen molar-refractivity contribution in [1.82, 2.24) is 0 Å². The van der Waals surface area contributed by atoms with E-state index >= 15 is 0 Å². The van der Waals surface area contributed by atoms with Gasteiger partial charge in [0.2, 0.25) is 5.90 Å². The molecule has 0 saturated heterocycles. The van der Waals surface area contributed by atoms with E-state index in [1.165, 1.54) is 19.1 Å². The number of ether oxygens (including phenoxy) is 3. The second-order valence-corrected chi connectivity index (χ2v) is 6.55. The van der Waals surface area contributed by atoms with Crippen LogP contribution in [0.3, 0.4) is 0 Å². The van der Waals surface area contributed by atoms with Gasteiger partial charge in [0.1, 0.15) is 0 Å². The second-order valence-electron chi connectivity index (χ2n) is 5.70. The van der Waals surface area contributed by atoms with Crippen molar-refractivity contribution >= 4 is 47.1 Å². The summed E-state index contributed by atoms with van der Waals surface area (Å²) in [5.74, 6) is -0.568. The van der Waals surface area contributed by atoms with Gasteiger partial charge in [-0.1, -0.05) is 29.3 Å². The number of benzene rings is 2. The van der Waals surface area contributed by atoms with Gasteiger partial charge in [-0.25, -0.2) is 9.79 Å². The molecule has 3 rings (SSSR count). The van der Waals surface area contributed by atoms with Crippen molar-refractivity contribution < 1.29 is 23.8 Å². The monoisotopic (exact) mass is 419 g/mol. The second kappa shape index (κ2) is 8.46. The standard InChI is InChI=1S/C20H15Cl2NO5/c1-3-26-17-9-12(7-15(22)18(17)27-11(2)24)8-16-20(25)28-19(23-16)13-5-4-6-14(21)10-13/h4-10H,3H2,1-2H3/b16-8+. The molecule has 1 aliphatic rings. The molecule has 1 aliphatic heterocycles. The van der Waals surface area contributed by atoms with E-state index in [1.807, 2.05) is 0 Å². The molecule has 0 amide bonds. The molecule has 144 valence electrons. The summed E-state index contributed by atoms with van der Waals surface area (Å²) < 4.78 is 15.8. The van der Waals surface area contributed by atoms with E-state index in [4.69, 9.17) is 37.4 Å². The SMILES string of the molecule is CCOc1cc(/C=C2/N=C(c3cccc(Cl)c3)OC2=O)cc(Cl)c1OC(C)=O. The van der Waals surface area contributed by atoms with Gasteiger partial charge in [-0.15, -0.1) is 0 Å². The van der Waals surface area contributed by atoms with Crippen LogP contribution in [0.25, 0.3) is 6.08 Å². The number of rotatable bonds is 5. The molecule has 0 unspecified atom stereocenters. The molecule has 0 spiro atoms. The van der Waals surface area contributed by atoms with Crippen LogP contribution in [0.2, 0.25) is 10.0 Å². The van der Waals surface area contributed by atoms with Crippen LogP contribution in [0.4, 0.5) is 0 Å². The summed E-state index contributed by atoms with van der Waals surface area (Å²) in [6.07, 6.45) is 1.51. The third kappa shape index (κ3) is 4.52. The van der Waals surface area contributed by atoms with Crippen molar-refractivity contribution in [3.63, 3.8) is 0 Å². The number of aliphatic imine (C=N–C) groups is 1. The highest BCUT2D eigenvalue weighted by Crippen LogP contribution is 2.37. The lowest BCUT2D eigenvalue weighted by atomic mass is 10.1. The highest BCUT2D eigenvalue weighted by Gasteiger charge is 2.25. The Balaban J connectivity index is 1.98. The third-order valence-corrected chi connectivity index (χ3v) is 4.09. The van der Waals surface area contributed by atoms with Crippen molar-refractivity contribution in [2.75, 3.05) is 6.61 Å². The highest BCUT2D eigenvalue weighted by molar-refractivity contribution is 6.32. The topological polar surface area (TPSA) is 74.2 Å². The number of halogens is 2. The average molecular weight is 420 g/mol. The minimum absolute atomic E-state index is 0.0914. The van der Waals surface area contributed by atoms with Gasteiger partial charge in [0.25, 0.3) is 0 Å². The molecule has 0 fully saturated rings. The van der Waals surface area contributed by atoms with Gasteiger partial charge in [-0.05, 0) is 48.9 Å². The number of carbonyl (C=O) groups excluding carboxylic acids is 2. The van der Waals surface area contributed by atoms with Gasteiger partial charge in [0.15, 0.2) is 17.2 Å². The first kappa shape index (κ1) is 19.9. The average Bonchev–Trinajstić information content (AvgIpc) is 2.99. The van der Waals surface area contributed by atoms with Crippen molar-refractivity contribution in [2.24, 2.45) is 4.99 Å². The Morgan fingerprint density at radius 3 is 2.71 bits per heavy atom. The van der Waals surface area contributed by atoms with E-state index in [-0.39, 0.29) is 28.1 Å². The summed E-state index contributed by atoms with van der Waals surface area (Å²) in [5, 5.41) is 0.668. The van der Waals surface area contributed by atoms with Crippen LogP contribution < -0.4 is 9.47 Å². The summed E-state index contributed by atoms with van der Waals surface area (Å²) in [7, 11) is 0. The maximum absolute atomic E-state index is 12.2. The minimum Gasteiger partial charge on any atom is -0.490 e. The zero-order valence-electron chi connectivity index (χ0n) is 15.0. The summed E-state index contributed by atoms with van der Waals surface area (Å²) in [4.78, 5) is 27.7. The predicted octanol–water partition coefficient (Wildman–Crippen LogP) is 4.66. The Hall–Kier alpha value is -2.83. The third-order valence-electron chi connectivity index (χ3n) is 3.57. The predicted molar refractivity (Wildman–Crippen MR) is 106 cm³/mol. The largest absolute Gasteiger partial charge is 0.490 e. The number of hydrogen-bond acceptors (Lipinski definition) is 6. The van der Waals surface area contributed by atoms with E-state index in [1.54, 1.807) is 37.3 Å². The van der Waals surface area contributed by atoms with Crippen molar-refractivity contribution in [2.45, 2.75) is 13.8 Å². The van der Waals surface area contributed by atoms with Gasteiger partial charge in [0.05, 0.1) is 11.6 Å². The van der Waals surface area contributed by atoms with Crippen LogP contribution in [0.1, 0.15) is 25.0 Å². The van der Waals surface area contributed by atoms with Gasteiger partial charge in [0, 0.05) is 17.5 Å². The molecule has 0 N–H and O–H groups in total. The Labute approximate surface area is 171 Å². The van der Waals surface area contributed by atoms with E-state index < -0.39 is 11.9 Å². The van der Waals surface area contributed by atoms with Crippen LogP contribution in [-0.2, 0) is 14.3 Å². The summed E-state index contributed by atoms with van der Waals surface area (Å²) >= 11 is 12.2. The van der Waals surface area contributed by atoms with Crippen LogP contribution in [0.15, 0.2) is 47.1 Å². The van der Waals surface area contributed by atoms with Crippen LogP contribution >= 0.6 is 23.2 Å². The fourth-order valence-electron chi connectivity index (χ4n) is 2.49. The van der Waals surface area contributed by atoms with Crippen LogP contribution in [0.5, 0.6) is 11.5 Å². The highest BCUT2D eigenvalue weighted by atomic mass is 35.5. The molecule has 0 atom stereocenters. The first-order valence-corrected chi connectivity index (χ1v) is 9.06. The summed E-state index contributed by atoms with van der Waals surface area (Å²) in [5.41, 5.74) is 1.21. The number of hydrogen-bond donors (Lipinski definition) is 0. The smallest absolute Gasteiger partial charge is 0.363 e. The van der Waals surface area contributed by atoms with E-state index in [0.29, 0.717) is 22.8 Å². The number of carbonyl (C=O) groups is 2. The van der Waals surface area contributed by atoms with Gasteiger partial charge in [-0.2, -0.15) is 0 Å². The molecule has 2 aromatic carbocycles. The molecule has 0 radical (unpaired) electrons. The Morgan fingerprint density at radius 2 is 2.04 bits per heavy atom. The number of nitrogens with zero attached hydrogens (tertiary/aromatic N) is 1. The molecule has 2 aromatic rings. The fourth-order valence-corrected chi connectivity index (χ4v) is 2.94. The Bertz CT molecular complexity index is 1010. The maximum atomic E-state index is 12.2. The minimum atomic E-state index is -0.604. The van der Waals surface area contributed by atoms with Gasteiger partial charge >= 0.3 is 11.9 Å². The molecular formula is C20H15Cl2NO5. The Kier molecular flexibility index (Phi) is 6.02. The van der Waals surface area contributed by atoms with E-state index in [2.05, 4.69) is 4.99 Å². The molecule has 8 heteroatoms. The van der Waals surface area contributed by atoms with Crippen LogP contribution in [0, 0.1) is 0 Å². The molecule has 0 aliphatic carbocycles.